The van der Waals surface area contributed by atoms with Gasteiger partial charge in [-0.3, -0.25) is 0 Å². The quantitative estimate of drug-likeness (QED) is 0.130. The van der Waals surface area contributed by atoms with Crippen LogP contribution in [0, 0.1) is 0 Å². The number of aromatic nitrogens is 3. The van der Waals surface area contributed by atoms with Gasteiger partial charge in [-0.25, -0.2) is 15.0 Å². The lowest BCUT2D eigenvalue weighted by Gasteiger charge is -2.30. The molecule has 0 amide bonds. The molecule has 0 aliphatic heterocycles. The maximum atomic E-state index is 5.34. The molecule has 0 atom stereocenters. The van der Waals surface area contributed by atoms with Gasteiger partial charge in [-0.1, -0.05) is 297 Å². The summed E-state index contributed by atoms with van der Waals surface area (Å²) in [6.07, 6.45) is 0. The summed E-state index contributed by atoms with van der Waals surface area (Å²) in [4.78, 5) is 15.9. The lowest BCUT2D eigenvalue weighted by Crippen LogP contribution is -2.25. The number of rotatable bonds is 11. The third kappa shape index (κ3) is 9.51. The van der Waals surface area contributed by atoms with Crippen LogP contribution < -0.4 is 0 Å². The summed E-state index contributed by atoms with van der Waals surface area (Å²) >= 11 is 0. The van der Waals surface area contributed by atoms with E-state index < -0.39 is 5.41 Å². The van der Waals surface area contributed by atoms with Crippen LogP contribution in [-0.2, 0) is 5.41 Å². The Morgan fingerprint density at radius 2 is 0.363 bits per heavy atom. The predicted octanol–water partition coefficient (Wildman–Crippen LogP) is 22.6. The standard InChI is InChI=1S/C88H57N3/c1-3-20-58(21-4-1)62-24-13-26-64(50-62)60-44-46-61(47-45-60)85-89-86(75-36-18-34-72(55-75)69-31-15-28-66(52-69)65-27-14-25-63(51-65)59-22-5-2-6-23-59)91-87(90-85)76-37-19-35-73(56-76)70-32-16-29-67(53-70)68-30-17-33-71(54-68)74-48-49-80-79-40-9-12-43-83(79)88(84(80)57-74)81-41-10-7-38-77(81)78-39-8-11-42-82(78)88/h1-57H. The van der Waals surface area contributed by atoms with Crippen LogP contribution in [0.4, 0.5) is 0 Å². The Balaban J connectivity index is 0.718. The summed E-state index contributed by atoms with van der Waals surface area (Å²) in [6.45, 7) is 0. The molecule has 14 aromatic carbocycles. The fourth-order valence-electron chi connectivity index (χ4n) is 14.2. The number of nitrogens with zero attached hydrogens (tertiary/aromatic N) is 3. The Bertz CT molecular complexity index is 5230. The van der Waals surface area contributed by atoms with Gasteiger partial charge in [0.25, 0.3) is 0 Å². The summed E-state index contributed by atoms with van der Waals surface area (Å²) in [5, 5.41) is 0. The molecule has 3 heteroatoms. The summed E-state index contributed by atoms with van der Waals surface area (Å²) < 4.78 is 0. The summed E-state index contributed by atoms with van der Waals surface area (Å²) in [6, 6.07) is 125. The van der Waals surface area contributed by atoms with Crippen LogP contribution >= 0.6 is 0 Å². The Morgan fingerprint density at radius 1 is 0.143 bits per heavy atom. The lowest BCUT2D eigenvalue weighted by atomic mass is 9.70. The van der Waals surface area contributed by atoms with E-state index in [1.165, 1.54) is 77.9 Å². The van der Waals surface area contributed by atoms with Crippen molar-refractivity contribution in [3.8, 4) is 145 Å². The summed E-state index contributed by atoms with van der Waals surface area (Å²) in [5.74, 6) is 1.80. The first-order chi connectivity index (χ1) is 45.1. The van der Waals surface area contributed by atoms with E-state index in [1.807, 2.05) is 0 Å². The third-order valence-corrected chi connectivity index (χ3v) is 18.5. The number of hydrogen-bond acceptors (Lipinski definition) is 3. The zero-order valence-corrected chi connectivity index (χ0v) is 49.8. The maximum Gasteiger partial charge on any atom is 0.164 e. The normalized spacial score (nSPS) is 12.3. The molecule has 0 unspecified atom stereocenters. The molecule has 1 aromatic heterocycles. The van der Waals surface area contributed by atoms with E-state index >= 15 is 0 Å². The second kappa shape index (κ2) is 22.4. The monoisotopic (exact) mass is 1160 g/mol. The van der Waals surface area contributed by atoms with Gasteiger partial charge in [-0.2, -0.15) is 0 Å². The first-order valence-corrected chi connectivity index (χ1v) is 31.2. The molecule has 1 heterocycles. The summed E-state index contributed by atoms with van der Waals surface area (Å²) in [5.41, 5.74) is 31.2. The van der Waals surface area contributed by atoms with Crippen molar-refractivity contribution in [2.75, 3.05) is 0 Å². The van der Waals surface area contributed by atoms with Gasteiger partial charge in [-0.15, -0.1) is 0 Å². The molecule has 1 spiro atoms. The van der Waals surface area contributed by atoms with Crippen LogP contribution in [0.25, 0.3) is 145 Å². The van der Waals surface area contributed by atoms with Crippen molar-refractivity contribution >= 4 is 0 Å². The molecule has 2 aliphatic rings. The first kappa shape index (κ1) is 53.3. The molecule has 0 N–H and O–H groups in total. The average Bonchev–Trinajstić information content (AvgIpc) is 1.51. The largest absolute Gasteiger partial charge is 0.208 e. The van der Waals surface area contributed by atoms with Crippen molar-refractivity contribution in [3.63, 3.8) is 0 Å². The molecule has 3 nitrogen and oxygen atoms in total. The van der Waals surface area contributed by atoms with Gasteiger partial charge in [0.05, 0.1) is 5.41 Å². The Morgan fingerprint density at radius 3 is 0.714 bits per heavy atom. The second-order valence-corrected chi connectivity index (χ2v) is 23.8. The fraction of sp³-hybridized carbons (Fsp3) is 0.0114. The smallest absolute Gasteiger partial charge is 0.164 e. The van der Waals surface area contributed by atoms with Crippen LogP contribution in [0.2, 0.25) is 0 Å². The van der Waals surface area contributed by atoms with Crippen molar-refractivity contribution in [2.24, 2.45) is 0 Å². The first-order valence-electron chi connectivity index (χ1n) is 31.2. The molecule has 91 heavy (non-hydrogen) atoms. The summed E-state index contributed by atoms with van der Waals surface area (Å²) in [7, 11) is 0. The van der Waals surface area contributed by atoms with Crippen molar-refractivity contribution in [3.05, 3.63) is 368 Å². The molecular formula is C88H57N3. The zero-order chi connectivity index (χ0) is 60.2. The van der Waals surface area contributed by atoms with Crippen LogP contribution in [0.3, 0.4) is 0 Å². The van der Waals surface area contributed by atoms with Crippen LogP contribution in [0.1, 0.15) is 22.3 Å². The second-order valence-electron chi connectivity index (χ2n) is 23.8. The Labute approximate surface area is 530 Å². The van der Waals surface area contributed by atoms with E-state index in [9.17, 15) is 0 Å². The number of fused-ring (bicyclic) bond motifs is 10. The molecule has 0 radical (unpaired) electrons. The molecule has 17 rings (SSSR count). The highest BCUT2D eigenvalue weighted by Gasteiger charge is 2.51. The third-order valence-electron chi connectivity index (χ3n) is 18.5. The molecule has 15 aromatic rings. The number of benzene rings is 14. The van der Waals surface area contributed by atoms with E-state index in [-0.39, 0.29) is 0 Å². The zero-order valence-electron chi connectivity index (χ0n) is 49.8. The molecule has 0 saturated heterocycles. The predicted molar refractivity (Wildman–Crippen MR) is 376 cm³/mol. The molecular weight excluding hydrogens is 1100 g/mol. The van der Waals surface area contributed by atoms with Crippen LogP contribution in [0.15, 0.2) is 346 Å². The fourth-order valence-corrected chi connectivity index (χ4v) is 14.2. The van der Waals surface area contributed by atoms with Gasteiger partial charge in [0.2, 0.25) is 0 Å². The minimum absolute atomic E-state index is 0.404. The molecule has 0 fully saturated rings. The van der Waals surface area contributed by atoms with Gasteiger partial charge < -0.3 is 0 Å². The van der Waals surface area contributed by atoms with Gasteiger partial charge >= 0.3 is 0 Å². The van der Waals surface area contributed by atoms with Gasteiger partial charge in [-0.05, 0) is 182 Å². The molecule has 0 bridgehead atoms. The molecule has 424 valence electrons. The minimum atomic E-state index is -0.404. The van der Waals surface area contributed by atoms with E-state index in [4.69, 9.17) is 15.0 Å². The van der Waals surface area contributed by atoms with E-state index in [2.05, 4.69) is 346 Å². The highest BCUT2D eigenvalue weighted by atomic mass is 15.0. The Hall–Kier alpha value is -11.9. The van der Waals surface area contributed by atoms with Crippen molar-refractivity contribution in [2.45, 2.75) is 5.41 Å². The van der Waals surface area contributed by atoms with Crippen LogP contribution in [0.5, 0.6) is 0 Å². The number of hydrogen-bond donors (Lipinski definition) is 0. The average molecular weight is 1160 g/mol. The van der Waals surface area contributed by atoms with Crippen molar-refractivity contribution in [1.29, 1.82) is 0 Å². The Kier molecular flexibility index (Phi) is 13.1. The van der Waals surface area contributed by atoms with E-state index in [1.54, 1.807) is 0 Å². The van der Waals surface area contributed by atoms with Crippen molar-refractivity contribution < 1.29 is 0 Å². The van der Waals surface area contributed by atoms with Gasteiger partial charge in [0, 0.05) is 16.7 Å². The van der Waals surface area contributed by atoms with Crippen LogP contribution in [-0.4, -0.2) is 15.0 Å². The highest BCUT2D eigenvalue weighted by molar-refractivity contribution is 5.96. The van der Waals surface area contributed by atoms with Gasteiger partial charge in [0.15, 0.2) is 17.5 Å². The molecule has 2 aliphatic carbocycles. The SMILES string of the molecule is c1ccc(-c2cccc(-c3ccc(-c4nc(-c5cccc(-c6cccc(-c7cccc(-c8ccccc8)c7)c6)c5)nc(-c5cccc(-c6cccc(-c7cccc(-c8ccc9c(c8)C8(c%10ccccc%10-c%10ccccc%108)c8ccccc8-9)c7)c6)c5)n4)cc3)c2)cc1. The van der Waals surface area contributed by atoms with E-state index in [0.29, 0.717) is 17.5 Å². The van der Waals surface area contributed by atoms with E-state index in [0.717, 1.165) is 72.3 Å². The molecule has 0 saturated carbocycles. The minimum Gasteiger partial charge on any atom is -0.208 e. The lowest BCUT2D eigenvalue weighted by molar-refractivity contribution is 0.794. The maximum absolute atomic E-state index is 5.34. The highest BCUT2D eigenvalue weighted by Crippen LogP contribution is 2.63. The van der Waals surface area contributed by atoms with Crippen molar-refractivity contribution in [1.82, 2.24) is 15.0 Å². The topological polar surface area (TPSA) is 38.7 Å². The van der Waals surface area contributed by atoms with Gasteiger partial charge in [0.1, 0.15) is 0 Å².